The van der Waals surface area contributed by atoms with Crippen LogP contribution >= 0.6 is 0 Å². The van der Waals surface area contributed by atoms with Gasteiger partial charge in [0, 0.05) is 13.0 Å². The highest BCUT2D eigenvalue weighted by Gasteiger charge is 2.10. The van der Waals surface area contributed by atoms with E-state index >= 15 is 0 Å². The van der Waals surface area contributed by atoms with Gasteiger partial charge in [-0.15, -0.1) is 0 Å². The first-order valence-electron chi connectivity index (χ1n) is 5.32. The number of para-hydroxylation sites is 2. The van der Waals surface area contributed by atoms with Gasteiger partial charge in [-0.1, -0.05) is 12.1 Å². The van der Waals surface area contributed by atoms with Gasteiger partial charge in [0.1, 0.15) is 5.82 Å². The number of nitriles is 1. The molecule has 0 saturated carbocycles. The fourth-order valence-corrected chi connectivity index (χ4v) is 1.80. The second-order valence-electron chi connectivity index (χ2n) is 3.72. The Kier molecular flexibility index (Phi) is 3.06. The lowest BCUT2D eigenvalue weighted by Crippen LogP contribution is -2.15. The number of primary amides is 1. The first-order chi connectivity index (χ1) is 8.22. The maximum Gasteiger partial charge on any atom is 0.219 e. The molecule has 17 heavy (non-hydrogen) atoms. The van der Waals surface area contributed by atoms with Gasteiger partial charge in [0.05, 0.1) is 23.5 Å². The van der Waals surface area contributed by atoms with Crippen LogP contribution in [-0.4, -0.2) is 15.5 Å². The molecule has 0 fully saturated rings. The summed E-state index contributed by atoms with van der Waals surface area (Å²) >= 11 is 0. The Balaban J connectivity index is 2.44. The molecule has 5 nitrogen and oxygen atoms in total. The summed E-state index contributed by atoms with van der Waals surface area (Å²) in [6.07, 6.45) is 0.478. The summed E-state index contributed by atoms with van der Waals surface area (Å²) in [5, 5.41) is 8.75. The van der Waals surface area contributed by atoms with Gasteiger partial charge in [0.25, 0.3) is 0 Å². The van der Waals surface area contributed by atoms with E-state index in [1.165, 1.54) is 0 Å². The average molecular weight is 228 g/mol. The molecule has 0 aliphatic rings. The molecule has 0 bridgehead atoms. The third-order valence-electron chi connectivity index (χ3n) is 2.55. The van der Waals surface area contributed by atoms with Crippen molar-refractivity contribution in [1.29, 1.82) is 5.26 Å². The molecule has 1 heterocycles. The number of hydrogen-bond acceptors (Lipinski definition) is 3. The Hall–Kier alpha value is -2.35. The molecule has 0 atom stereocenters. The number of amides is 1. The lowest BCUT2D eigenvalue weighted by atomic mass is 10.3. The number of hydrogen-bond donors (Lipinski definition) is 1. The molecule has 0 aliphatic heterocycles. The van der Waals surface area contributed by atoms with Gasteiger partial charge < -0.3 is 10.3 Å². The number of carbonyl (C=O) groups excluding carboxylic acids is 1. The number of carbonyl (C=O) groups is 1. The molecule has 86 valence electrons. The molecule has 0 unspecified atom stereocenters. The quantitative estimate of drug-likeness (QED) is 0.846. The van der Waals surface area contributed by atoms with Crippen molar-refractivity contribution in [1.82, 2.24) is 9.55 Å². The minimum absolute atomic E-state index is 0.230. The summed E-state index contributed by atoms with van der Waals surface area (Å²) in [7, 11) is 0. The van der Waals surface area contributed by atoms with Crippen LogP contribution in [0.5, 0.6) is 0 Å². The van der Waals surface area contributed by atoms with E-state index in [0.717, 1.165) is 11.0 Å². The van der Waals surface area contributed by atoms with Gasteiger partial charge in [0.2, 0.25) is 5.91 Å². The monoisotopic (exact) mass is 228 g/mol. The fourth-order valence-electron chi connectivity index (χ4n) is 1.80. The van der Waals surface area contributed by atoms with E-state index in [1.54, 1.807) is 0 Å². The third-order valence-corrected chi connectivity index (χ3v) is 2.55. The van der Waals surface area contributed by atoms with Gasteiger partial charge >= 0.3 is 0 Å². The van der Waals surface area contributed by atoms with Crippen molar-refractivity contribution in [2.75, 3.05) is 0 Å². The number of aryl methyl sites for hydroxylation is 1. The highest BCUT2D eigenvalue weighted by atomic mass is 16.1. The predicted molar refractivity (Wildman–Crippen MR) is 62.9 cm³/mol. The number of aromatic nitrogens is 2. The molecule has 0 aliphatic carbocycles. The number of nitrogens with two attached hydrogens (primary N) is 1. The largest absolute Gasteiger partial charge is 0.370 e. The molecular formula is C12H12N4O. The van der Waals surface area contributed by atoms with Crippen molar-refractivity contribution >= 4 is 16.9 Å². The predicted octanol–water partition coefficient (Wildman–Crippen LogP) is 0.978. The van der Waals surface area contributed by atoms with Crippen molar-refractivity contribution in [3.05, 3.63) is 30.1 Å². The van der Waals surface area contributed by atoms with Crippen molar-refractivity contribution in [2.24, 2.45) is 5.73 Å². The summed E-state index contributed by atoms with van der Waals surface area (Å²) in [6, 6.07) is 9.68. The first kappa shape index (κ1) is 11.1. The first-order valence-corrected chi connectivity index (χ1v) is 5.32. The van der Waals surface area contributed by atoms with Crippen molar-refractivity contribution in [2.45, 2.75) is 19.4 Å². The van der Waals surface area contributed by atoms with E-state index in [4.69, 9.17) is 11.0 Å². The van der Waals surface area contributed by atoms with Crippen molar-refractivity contribution in [3.63, 3.8) is 0 Å². The zero-order chi connectivity index (χ0) is 12.3. The number of fused-ring (bicyclic) bond motifs is 1. The van der Waals surface area contributed by atoms with Crippen LogP contribution < -0.4 is 5.73 Å². The molecule has 5 heteroatoms. The summed E-state index contributed by atoms with van der Waals surface area (Å²) in [5.74, 6) is 0.320. The van der Waals surface area contributed by atoms with E-state index in [2.05, 4.69) is 11.1 Å². The molecule has 0 saturated heterocycles. The molecule has 1 amide bonds. The minimum atomic E-state index is -0.356. The van der Waals surface area contributed by atoms with Gasteiger partial charge in [-0.05, 0) is 12.1 Å². The van der Waals surface area contributed by atoms with Gasteiger partial charge in [-0.2, -0.15) is 5.26 Å². The summed E-state index contributed by atoms with van der Waals surface area (Å²) in [6.45, 7) is 0.465. The molecular weight excluding hydrogens is 216 g/mol. The summed E-state index contributed by atoms with van der Waals surface area (Å²) in [4.78, 5) is 15.2. The maximum absolute atomic E-state index is 10.8. The van der Waals surface area contributed by atoms with Crippen LogP contribution in [0.2, 0.25) is 0 Å². The molecule has 1 aromatic carbocycles. The number of benzene rings is 1. The maximum atomic E-state index is 10.8. The Morgan fingerprint density at radius 1 is 1.47 bits per heavy atom. The Labute approximate surface area is 98.5 Å². The Bertz CT molecular complexity index is 594. The van der Waals surface area contributed by atoms with Crippen molar-refractivity contribution < 1.29 is 4.79 Å². The zero-order valence-corrected chi connectivity index (χ0v) is 9.26. The molecule has 0 radical (unpaired) electrons. The van der Waals surface area contributed by atoms with Crippen LogP contribution in [0.4, 0.5) is 0 Å². The normalized spacial score (nSPS) is 10.3. The fraction of sp³-hybridized carbons (Fsp3) is 0.250. The van der Waals surface area contributed by atoms with Crippen LogP contribution in [-0.2, 0) is 17.8 Å². The van der Waals surface area contributed by atoms with E-state index < -0.39 is 0 Å². The topological polar surface area (TPSA) is 84.7 Å². The van der Waals surface area contributed by atoms with E-state index in [9.17, 15) is 4.79 Å². The number of rotatable bonds is 4. The Morgan fingerprint density at radius 3 is 2.94 bits per heavy atom. The lowest BCUT2D eigenvalue weighted by Gasteiger charge is -2.05. The number of nitrogens with zero attached hydrogens (tertiary/aromatic N) is 3. The second-order valence-corrected chi connectivity index (χ2v) is 3.72. The molecule has 2 aromatic rings. The van der Waals surface area contributed by atoms with Crippen LogP contribution in [0.3, 0.4) is 0 Å². The number of imidazole rings is 1. The van der Waals surface area contributed by atoms with Crippen LogP contribution in [0.15, 0.2) is 24.3 Å². The summed E-state index contributed by atoms with van der Waals surface area (Å²) < 4.78 is 1.88. The standard InChI is InChI=1S/C12H12N4O/c13-7-5-12-15-9-3-1-2-4-10(9)16(12)8-6-11(14)17/h1-4H,5-6,8H2,(H2,14,17). The van der Waals surface area contributed by atoms with E-state index in [0.29, 0.717) is 12.4 Å². The minimum Gasteiger partial charge on any atom is -0.370 e. The molecule has 1 aromatic heterocycles. The molecule has 0 spiro atoms. The van der Waals surface area contributed by atoms with Gasteiger partial charge in [-0.3, -0.25) is 4.79 Å². The Morgan fingerprint density at radius 2 is 2.24 bits per heavy atom. The SMILES string of the molecule is N#CCc1nc2ccccc2n1CCC(N)=O. The van der Waals surface area contributed by atoms with Crippen molar-refractivity contribution in [3.8, 4) is 6.07 Å². The highest BCUT2D eigenvalue weighted by Crippen LogP contribution is 2.16. The van der Waals surface area contributed by atoms with Crippen LogP contribution in [0.1, 0.15) is 12.2 Å². The lowest BCUT2D eigenvalue weighted by molar-refractivity contribution is -0.118. The highest BCUT2D eigenvalue weighted by molar-refractivity contribution is 5.77. The van der Waals surface area contributed by atoms with Gasteiger partial charge in [-0.25, -0.2) is 4.98 Å². The van der Waals surface area contributed by atoms with Crippen LogP contribution in [0, 0.1) is 11.3 Å². The molecule has 2 N–H and O–H groups in total. The third kappa shape index (κ3) is 2.26. The van der Waals surface area contributed by atoms with E-state index in [1.807, 2.05) is 28.8 Å². The smallest absolute Gasteiger partial charge is 0.219 e. The molecule has 2 rings (SSSR count). The zero-order valence-electron chi connectivity index (χ0n) is 9.26. The van der Waals surface area contributed by atoms with E-state index in [-0.39, 0.29) is 18.7 Å². The van der Waals surface area contributed by atoms with Gasteiger partial charge in [0.15, 0.2) is 0 Å². The van der Waals surface area contributed by atoms with Crippen LogP contribution in [0.25, 0.3) is 11.0 Å². The second kappa shape index (κ2) is 4.66. The average Bonchev–Trinajstić information content (AvgIpc) is 2.64. The summed E-state index contributed by atoms with van der Waals surface area (Å²) in [5.41, 5.74) is 6.90.